The highest BCUT2D eigenvalue weighted by atomic mass is 32.2. The van der Waals surface area contributed by atoms with Gasteiger partial charge in [0.05, 0.1) is 18.8 Å². The lowest BCUT2D eigenvalue weighted by molar-refractivity contribution is 0.0526. The van der Waals surface area contributed by atoms with Crippen molar-refractivity contribution in [3.8, 4) is 5.75 Å². The van der Waals surface area contributed by atoms with Crippen molar-refractivity contribution in [3.05, 3.63) is 60.2 Å². The van der Waals surface area contributed by atoms with E-state index < -0.39 is 0 Å². The molecular weight excluding hydrogens is 284 g/mol. The number of esters is 1. The third kappa shape index (κ3) is 5.16. The summed E-state index contributed by atoms with van der Waals surface area (Å²) in [6.45, 7) is 2.80. The molecule has 0 bridgehead atoms. The molecule has 0 N–H and O–H groups in total. The molecule has 0 saturated heterocycles. The SMILES string of the molecule is CCOC(=O)c1ccc(OCCSc2ccccc2)cc1. The van der Waals surface area contributed by atoms with Crippen LogP contribution in [0.15, 0.2) is 59.5 Å². The normalized spacial score (nSPS) is 10.1. The average molecular weight is 302 g/mol. The quantitative estimate of drug-likeness (QED) is 0.439. The lowest BCUT2D eigenvalue weighted by Crippen LogP contribution is -2.05. The maximum absolute atomic E-state index is 11.5. The summed E-state index contributed by atoms with van der Waals surface area (Å²) in [5.74, 6) is 1.34. The molecule has 2 rings (SSSR count). The number of hydrogen-bond acceptors (Lipinski definition) is 4. The van der Waals surface area contributed by atoms with Gasteiger partial charge < -0.3 is 9.47 Å². The maximum Gasteiger partial charge on any atom is 0.338 e. The largest absolute Gasteiger partial charge is 0.493 e. The summed E-state index contributed by atoms with van der Waals surface area (Å²) in [7, 11) is 0. The Bertz CT molecular complexity index is 552. The molecule has 2 aromatic carbocycles. The third-order valence-electron chi connectivity index (χ3n) is 2.73. The van der Waals surface area contributed by atoms with E-state index in [9.17, 15) is 4.79 Å². The molecule has 4 heteroatoms. The first kappa shape index (κ1) is 15.4. The Balaban J connectivity index is 1.75. The van der Waals surface area contributed by atoms with Gasteiger partial charge in [0.1, 0.15) is 5.75 Å². The summed E-state index contributed by atoms with van der Waals surface area (Å²) in [5, 5.41) is 0. The van der Waals surface area contributed by atoms with Gasteiger partial charge in [0.2, 0.25) is 0 Å². The highest BCUT2D eigenvalue weighted by Crippen LogP contribution is 2.18. The molecule has 3 nitrogen and oxygen atoms in total. The second-order valence-corrected chi connectivity index (χ2v) is 5.42. The Morgan fingerprint density at radius 3 is 2.43 bits per heavy atom. The van der Waals surface area contributed by atoms with Gasteiger partial charge in [-0.3, -0.25) is 0 Å². The van der Waals surface area contributed by atoms with Crippen molar-refractivity contribution in [2.45, 2.75) is 11.8 Å². The van der Waals surface area contributed by atoms with E-state index in [0.29, 0.717) is 18.8 Å². The zero-order chi connectivity index (χ0) is 14.9. The van der Waals surface area contributed by atoms with Gasteiger partial charge in [0.25, 0.3) is 0 Å². The van der Waals surface area contributed by atoms with Gasteiger partial charge in [-0.2, -0.15) is 0 Å². The summed E-state index contributed by atoms with van der Waals surface area (Å²) in [6, 6.07) is 17.2. The highest BCUT2D eigenvalue weighted by Gasteiger charge is 2.05. The van der Waals surface area contributed by atoms with Gasteiger partial charge in [0, 0.05) is 10.6 Å². The minimum Gasteiger partial charge on any atom is -0.493 e. The molecule has 21 heavy (non-hydrogen) atoms. The van der Waals surface area contributed by atoms with Crippen molar-refractivity contribution in [1.29, 1.82) is 0 Å². The van der Waals surface area contributed by atoms with E-state index in [4.69, 9.17) is 9.47 Å². The fourth-order valence-electron chi connectivity index (χ4n) is 1.74. The first-order valence-corrected chi connectivity index (χ1v) is 7.86. The van der Waals surface area contributed by atoms with Crippen LogP contribution in [0.2, 0.25) is 0 Å². The Hall–Kier alpha value is -1.94. The van der Waals surface area contributed by atoms with E-state index in [2.05, 4.69) is 12.1 Å². The Labute approximate surface area is 129 Å². The minimum atomic E-state index is -0.302. The van der Waals surface area contributed by atoms with E-state index in [-0.39, 0.29) is 5.97 Å². The topological polar surface area (TPSA) is 35.5 Å². The van der Waals surface area contributed by atoms with Crippen LogP contribution in [0.1, 0.15) is 17.3 Å². The summed E-state index contributed by atoms with van der Waals surface area (Å²) >= 11 is 1.76. The van der Waals surface area contributed by atoms with Gasteiger partial charge in [-0.1, -0.05) is 18.2 Å². The van der Waals surface area contributed by atoms with Crippen molar-refractivity contribution in [3.63, 3.8) is 0 Å². The van der Waals surface area contributed by atoms with E-state index >= 15 is 0 Å². The van der Waals surface area contributed by atoms with Crippen molar-refractivity contribution >= 4 is 17.7 Å². The summed E-state index contributed by atoms with van der Waals surface area (Å²) in [4.78, 5) is 12.7. The van der Waals surface area contributed by atoms with Crippen molar-refractivity contribution in [2.24, 2.45) is 0 Å². The van der Waals surface area contributed by atoms with Crippen LogP contribution in [0, 0.1) is 0 Å². The van der Waals surface area contributed by atoms with E-state index in [1.807, 2.05) is 18.2 Å². The van der Waals surface area contributed by atoms with Gasteiger partial charge in [-0.05, 0) is 43.3 Å². The lowest BCUT2D eigenvalue weighted by atomic mass is 10.2. The number of benzene rings is 2. The lowest BCUT2D eigenvalue weighted by Gasteiger charge is -2.07. The predicted octanol–water partition coefficient (Wildman–Crippen LogP) is 4.03. The van der Waals surface area contributed by atoms with E-state index in [1.165, 1.54) is 4.90 Å². The monoisotopic (exact) mass is 302 g/mol. The smallest absolute Gasteiger partial charge is 0.338 e. The van der Waals surface area contributed by atoms with Crippen LogP contribution in [0.3, 0.4) is 0 Å². The molecule has 2 aromatic rings. The zero-order valence-electron chi connectivity index (χ0n) is 12.0. The molecule has 0 atom stereocenters. The van der Waals surface area contributed by atoms with Crippen LogP contribution in [-0.2, 0) is 4.74 Å². The molecule has 0 fully saturated rings. The van der Waals surface area contributed by atoms with E-state index in [1.54, 1.807) is 43.0 Å². The van der Waals surface area contributed by atoms with Crippen LogP contribution in [-0.4, -0.2) is 24.9 Å². The van der Waals surface area contributed by atoms with Crippen molar-refractivity contribution in [1.82, 2.24) is 0 Å². The fraction of sp³-hybridized carbons (Fsp3) is 0.235. The first-order chi connectivity index (χ1) is 10.3. The molecular formula is C17H18O3S. The van der Waals surface area contributed by atoms with E-state index in [0.717, 1.165) is 11.5 Å². The molecule has 0 amide bonds. The second-order valence-electron chi connectivity index (χ2n) is 4.25. The molecule has 0 saturated carbocycles. The summed E-state index contributed by atoms with van der Waals surface area (Å²) < 4.78 is 10.6. The van der Waals surface area contributed by atoms with Gasteiger partial charge in [-0.25, -0.2) is 4.79 Å². The molecule has 0 aliphatic carbocycles. The van der Waals surface area contributed by atoms with Crippen molar-refractivity contribution in [2.75, 3.05) is 19.0 Å². The molecule has 110 valence electrons. The zero-order valence-corrected chi connectivity index (χ0v) is 12.8. The number of rotatable bonds is 7. The number of ether oxygens (including phenoxy) is 2. The number of thioether (sulfide) groups is 1. The highest BCUT2D eigenvalue weighted by molar-refractivity contribution is 7.99. The predicted molar refractivity (Wildman–Crippen MR) is 85.1 cm³/mol. The fourth-order valence-corrected chi connectivity index (χ4v) is 2.49. The van der Waals surface area contributed by atoms with Gasteiger partial charge in [-0.15, -0.1) is 11.8 Å². The van der Waals surface area contributed by atoms with Gasteiger partial charge >= 0.3 is 5.97 Å². The Kier molecular flexibility index (Phi) is 6.16. The molecule has 0 spiro atoms. The van der Waals surface area contributed by atoms with Crippen LogP contribution >= 0.6 is 11.8 Å². The second kappa shape index (κ2) is 8.37. The Morgan fingerprint density at radius 2 is 1.76 bits per heavy atom. The molecule has 0 aliphatic rings. The number of hydrogen-bond donors (Lipinski definition) is 0. The Morgan fingerprint density at radius 1 is 1.05 bits per heavy atom. The number of carbonyl (C=O) groups excluding carboxylic acids is 1. The van der Waals surface area contributed by atoms with Crippen LogP contribution < -0.4 is 4.74 Å². The molecule has 0 unspecified atom stereocenters. The molecule has 0 radical (unpaired) electrons. The molecule has 0 aliphatic heterocycles. The van der Waals surface area contributed by atoms with Crippen LogP contribution in [0.25, 0.3) is 0 Å². The van der Waals surface area contributed by atoms with Gasteiger partial charge in [0.15, 0.2) is 0 Å². The molecule has 0 heterocycles. The standard InChI is InChI=1S/C17H18O3S/c1-2-19-17(18)14-8-10-15(11-9-14)20-12-13-21-16-6-4-3-5-7-16/h3-11H,2,12-13H2,1H3. The van der Waals surface area contributed by atoms with Crippen LogP contribution in [0.5, 0.6) is 5.75 Å². The maximum atomic E-state index is 11.5. The summed E-state index contributed by atoms with van der Waals surface area (Å²) in [6.07, 6.45) is 0. The first-order valence-electron chi connectivity index (χ1n) is 6.87. The third-order valence-corrected chi connectivity index (χ3v) is 3.71. The van der Waals surface area contributed by atoms with Crippen molar-refractivity contribution < 1.29 is 14.3 Å². The average Bonchev–Trinajstić information content (AvgIpc) is 2.53. The summed E-state index contributed by atoms with van der Waals surface area (Å²) in [5.41, 5.74) is 0.544. The molecule has 0 aromatic heterocycles. The van der Waals surface area contributed by atoms with Crippen LogP contribution in [0.4, 0.5) is 0 Å². The minimum absolute atomic E-state index is 0.302. The number of carbonyl (C=O) groups is 1.